The second-order valence-electron chi connectivity index (χ2n) is 27.5. The van der Waals surface area contributed by atoms with Crippen molar-refractivity contribution in [2.45, 2.75) is 18.5 Å². The smallest absolute Gasteiger partial charge is 0.306 e. The number of alkyl halides is 9. The molecule has 0 amide bonds. The Bertz CT molecular complexity index is 6680. The molecular weight excluding hydrogens is 1380 g/mol. The lowest BCUT2D eigenvalue weighted by Gasteiger charge is -2.30. The van der Waals surface area contributed by atoms with Crippen LogP contribution >= 0.6 is 0 Å². The van der Waals surface area contributed by atoms with E-state index in [0.717, 1.165) is 102 Å². The summed E-state index contributed by atoms with van der Waals surface area (Å²) in [5.74, 6) is 0. The first-order valence-corrected chi connectivity index (χ1v) is 35.3. The molecule has 0 unspecified atom stereocenters. The minimum absolute atomic E-state index is 0.0902. The van der Waals surface area contributed by atoms with Gasteiger partial charge in [0, 0.05) is 53.9 Å². The van der Waals surface area contributed by atoms with Crippen LogP contribution in [0.5, 0.6) is 0 Å². The number of para-hydroxylation sites is 3. The summed E-state index contributed by atoms with van der Waals surface area (Å²) in [6, 6.07) is 98.8. The highest BCUT2D eigenvalue weighted by atomic mass is 19.4. The van der Waals surface area contributed by atoms with E-state index in [1.54, 1.807) is 66.7 Å². The van der Waals surface area contributed by atoms with Crippen molar-refractivity contribution in [3.63, 3.8) is 0 Å². The van der Waals surface area contributed by atoms with Crippen molar-refractivity contribution in [2.24, 2.45) is 0 Å². The maximum absolute atomic E-state index is 15.7. The molecule has 6 nitrogen and oxygen atoms in total. The first-order valence-electron chi connectivity index (χ1n) is 35.3. The highest BCUT2D eigenvalue weighted by Crippen LogP contribution is 2.54. The van der Waals surface area contributed by atoms with Crippen LogP contribution in [0.3, 0.4) is 0 Å². The minimum atomic E-state index is -4.83. The first kappa shape index (κ1) is 64.7. The Morgan fingerprint density at radius 1 is 0.193 bits per heavy atom. The molecule has 0 N–H and O–H groups in total. The molecule has 5 heterocycles. The zero-order chi connectivity index (χ0) is 73.9. The van der Waals surface area contributed by atoms with E-state index < -0.39 is 35.2 Å². The molecule has 109 heavy (non-hydrogen) atoms. The van der Waals surface area contributed by atoms with Gasteiger partial charge in [0.15, 0.2) is 0 Å². The summed E-state index contributed by atoms with van der Waals surface area (Å²) in [7, 11) is 0. The molecule has 0 fully saturated rings. The average Bonchev–Trinajstić information content (AvgIpc) is 1.52. The standard InChI is InChI=1S/C94H53F9N6/c95-92(96,97)63-37-44-84-73(51-63)66-27-13-16-30-77(66)105(84)87-76(54-104)88(106-78-31-17-14-28-67(78)74-52-64(93(98,99)100)38-45-85(74)106)90(109-82-42-35-61(57-23-9-3-10-24-57)49-71(82)72-50-62(36-43-83(72)109)58-25-11-4-12-26-58)91(107-79-32-18-15-29-68(79)75-53-65(94(101,102)103)39-46-86(75)107)89(87)108-80-40-33-59(55-19-5-1-6-20-55)47-69(80)70-48-60(34-41-81(70)108)56-21-7-2-8-22-56/h1-53H. The fourth-order valence-corrected chi connectivity index (χ4v) is 16.8. The summed E-state index contributed by atoms with van der Waals surface area (Å²) in [6.45, 7) is 0. The topological polar surface area (TPSA) is 48.4 Å². The van der Waals surface area contributed by atoms with E-state index in [4.69, 9.17) is 0 Å². The van der Waals surface area contributed by atoms with Gasteiger partial charge in [-0.2, -0.15) is 44.8 Å². The molecule has 15 aromatic carbocycles. The fourth-order valence-electron chi connectivity index (χ4n) is 16.8. The number of halogens is 9. The summed E-state index contributed by atoms with van der Waals surface area (Å²) in [6.07, 6.45) is -14.5. The van der Waals surface area contributed by atoms with Gasteiger partial charge in [0.2, 0.25) is 0 Å². The Labute approximate surface area is 614 Å². The first-order chi connectivity index (χ1) is 53.0. The van der Waals surface area contributed by atoms with Crippen molar-refractivity contribution < 1.29 is 39.5 Å². The molecule has 5 aromatic heterocycles. The molecule has 0 radical (unpaired) electrons. The lowest BCUT2D eigenvalue weighted by atomic mass is 10.0. The molecule has 20 aromatic rings. The van der Waals surface area contributed by atoms with E-state index in [1.165, 1.54) is 18.2 Å². The van der Waals surface area contributed by atoms with Crippen LogP contribution in [-0.4, -0.2) is 22.8 Å². The molecule has 0 aliphatic carbocycles. The SMILES string of the molecule is N#Cc1c(-n2c3ccccc3c3cc(C(F)(F)F)ccc32)c(-n2c3ccc(-c4ccccc4)cc3c3cc(-c4ccccc4)ccc32)c(-n2c3ccccc3c3cc(C(F)(F)F)ccc32)c(-n2c3ccc(-c4ccccc4)cc3c3cc(-c4ccccc4)ccc32)c1-n1c2ccccc2c2cc(C(F)(F)F)ccc21. The molecule has 0 bridgehead atoms. The average molecular weight is 1440 g/mol. The second-order valence-corrected chi connectivity index (χ2v) is 27.5. The molecular formula is C94H53F9N6. The third kappa shape index (κ3) is 10.0. The van der Waals surface area contributed by atoms with Gasteiger partial charge in [-0.15, -0.1) is 0 Å². The van der Waals surface area contributed by atoms with Gasteiger partial charge in [-0.25, -0.2) is 0 Å². The number of aromatic nitrogens is 5. The van der Waals surface area contributed by atoms with E-state index >= 15 is 39.5 Å². The molecule has 0 atom stereocenters. The second kappa shape index (κ2) is 24.1. The van der Waals surface area contributed by atoms with E-state index in [0.29, 0.717) is 54.8 Å². The number of benzene rings is 15. The van der Waals surface area contributed by atoms with Crippen LogP contribution in [0.15, 0.2) is 322 Å². The minimum Gasteiger partial charge on any atom is -0.306 e. The number of nitrogens with zero attached hydrogens (tertiary/aromatic N) is 6. The normalized spacial score (nSPS) is 12.4. The summed E-state index contributed by atoms with van der Waals surface area (Å²) < 4.78 is 150. The number of hydrogen-bond donors (Lipinski definition) is 0. The third-order valence-electron chi connectivity index (χ3n) is 21.6. The van der Waals surface area contributed by atoms with Crippen LogP contribution in [0.25, 0.3) is 182 Å². The monoisotopic (exact) mass is 1440 g/mol. The van der Waals surface area contributed by atoms with Crippen molar-refractivity contribution >= 4 is 109 Å². The van der Waals surface area contributed by atoms with Crippen LogP contribution in [-0.2, 0) is 18.5 Å². The van der Waals surface area contributed by atoms with Crippen LogP contribution in [0.4, 0.5) is 39.5 Å². The van der Waals surface area contributed by atoms with Crippen molar-refractivity contribution in [1.29, 1.82) is 5.26 Å². The molecule has 20 rings (SSSR count). The van der Waals surface area contributed by atoms with Crippen LogP contribution in [0.2, 0.25) is 0 Å². The Balaban J connectivity index is 1.11. The van der Waals surface area contributed by atoms with E-state index in [2.05, 4.69) is 39.5 Å². The summed E-state index contributed by atoms with van der Waals surface area (Å²) >= 11 is 0. The maximum Gasteiger partial charge on any atom is 0.416 e. The van der Waals surface area contributed by atoms with Gasteiger partial charge in [0.1, 0.15) is 11.6 Å². The Kier molecular flexibility index (Phi) is 14.3. The number of nitriles is 1. The summed E-state index contributed by atoms with van der Waals surface area (Å²) in [5.41, 5.74) is 9.36. The van der Waals surface area contributed by atoms with Crippen molar-refractivity contribution in [2.75, 3.05) is 0 Å². The van der Waals surface area contributed by atoms with E-state index in [9.17, 15) is 5.26 Å². The van der Waals surface area contributed by atoms with Gasteiger partial charge < -0.3 is 22.8 Å². The highest BCUT2D eigenvalue weighted by molar-refractivity contribution is 6.19. The molecule has 0 saturated heterocycles. The number of hydrogen-bond acceptors (Lipinski definition) is 1. The fraction of sp³-hybridized carbons (Fsp3) is 0.0319. The van der Waals surface area contributed by atoms with Crippen LogP contribution < -0.4 is 0 Å². The van der Waals surface area contributed by atoms with Gasteiger partial charge >= 0.3 is 18.5 Å². The highest BCUT2D eigenvalue weighted by Gasteiger charge is 2.40. The maximum atomic E-state index is 15.7. The van der Waals surface area contributed by atoms with Crippen LogP contribution in [0.1, 0.15) is 22.3 Å². The van der Waals surface area contributed by atoms with E-state index in [-0.39, 0.29) is 66.7 Å². The predicted octanol–water partition coefficient (Wildman–Crippen LogP) is 26.8. The van der Waals surface area contributed by atoms with Gasteiger partial charge in [0.05, 0.1) is 100 Å². The Hall–Kier alpha value is -13.8. The predicted molar refractivity (Wildman–Crippen MR) is 420 cm³/mol. The number of fused-ring (bicyclic) bond motifs is 15. The van der Waals surface area contributed by atoms with Gasteiger partial charge in [-0.3, -0.25) is 0 Å². The largest absolute Gasteiger partial charge is 0.416 e. The van der Waals surface area contributed by atoms with Crippen LogP contribution in [0, 0.1) is 11.3 Å². The zero-order valence-electron chi connectivity index (χ0n) is 57.2. The number of rotatable bonds is 9. The Morgan fingerprint density at radius 3 is 0.642 bits per heavy atom. The summed E-state index contributed by atoms with van der Waals surface area (Å²) in [4.78, 5) is 0. The quantitative estimate of drug-likeness (QED) is 0.133. The molecule has 0 saturated carbocycles. The third-order valence-corrected chi connectivity index (χ3v) is 21.6. The van der Waals surface area contributed by atoms with Gasteiger partial charge in [-0.05, 0) is 166 Å². The van der Waals surface area contributed by atoms with Gasteiger partial charge in [-0.1, -0.05) is 200 Å². The van der Waals surface area contributed by atoms with Crippen molar-refractivity contribution in [3.8, 4) is 79.0 Å². The summed E-state index contributed by atoms with van der Waals surface area (Å²) in [5, 5.41) is 18.2. The lowest BCUT2D eigenvalue weighted by molar-refractivity contribution is -0.138. The van der Waals surface area contributed by atoms with E-state index in [1.807, 2.05) is 190 Å². The molecule has 0 aliphatic rings. The Morgan fingerprint density at radius 2 is 0.394 bits per heavy atom. The zero-order valence-corrected chi connectivity index (χ0v) is 57.2. The molecule has 522 valence electrons. The van der Waals surface area contributed by atoms with Crippen molar-refractivity contribution in [3.05, 3.63) is 344 Å². The lowest BCUT2D eigenvalue weighted by Crippen LogP contribution is -2.19. The molecule has 0 aliphatic heterocycles. The molecule has 0 spiro atoms. The van der Waals surface area contributed by atoms with Crippen molar-refractivity contribution in [1.82, 2.24) is 22.8 Å². The van der Waals surface area contributed by atoms with Gasteiger partial charge in [0.25, 0.3) is 0 Å². The molecule has 15 heteroatoms.